The van der Waals surface area contributed by atoms with Crippen LogP contribution in [0.2, 0.25) is 0 Å². The van der Waals surface area contributed by atoms with E-state index in [-0.39, 0.29) is 11.5 Å². The molecule has 0 bridgehead atoms. The Bertz CT molecular complexity index is 728. The van der Waals surface area contributed by atoms with E-state index in [1.807, 2.05) is 25.1 Å². The summed E-state index contributed by atoms with van der Waals surface area (Å²) >= 11 is 0. The highest BCUT2D eigenvalue weighted by atomic mass is 19.2. The van der Waals surface area contributed by atoms with Crippen LogP contribution in [0, 0.1) is 18.6 Å². The number of anilines is 1. The van der Waals surface area contributed by atoms with Crippen LogP contribution >= 0.6 is 0 Å². The van der Waals surface area contributed by atoms with Crippen molar-refractivity contribution in [3.05, 3.63) is 59.3 Å². The number of aromatic nitrogens is 1. The summed E-state index contributed by atoms with van der Waals surface area (Å²) in [4.78, 5) is 20.6. The third-order valence-corrected chi connectivity index (χ3v) is 3.93. The Balaban J connectivity index is 1.66. The van der Waals surface area contributed by atoms with Crippen molar-refractivity contribution in [2.75, 3.05) is 31.1 Å². The van der Waals surface area contributed by atoms with Crippen molar-refractivity contribution in [2.24, 2.45) is 0 Å². The lowest BCUT2D eigenvalue weighted by molar-refractivity contribution is 0.0746. The topological polar surface area (TPSA) is 36.4 Å². The number of hydrogen-bond donors (Lipinski definition) is 0. The molecule has 3 rings (SSSR count). The molecule has 0 unspecified atom stereocenters. The van der Waals surface area contributed by atoms with Crippen LogP contribution in [0.1, 0.15) is 16.1 Å². The lowest BCUT2D eigenvalue weighted by atomic mass is 10.1. The number of rotatable bonds is 2. The third kappa shape index (κ3) is 3.31. The maximum absolute atomic E-state index is 13.3. The van der Waals surface area contributed by atoms with E-state index in [0.717, 1.165) is 23.6 Å². The van der Waals surface area contributed by atoms with Gasteiger partial charge in [-0.15, -0.1) is 0 Å². The number of nitrogens with zero attached hydrogens (tertiary/aromatic N) is 3. The van der Waals surface area contributed by atoms with Crippen LogP contribution in [-0.4, -0.2) is 42.0 Å². The molecule has 120 valence electrons. The van der Waals surface area contributed by atoms with Crippen LogP contribution in [0.5, 0.6) is 0 Å². The molecule has 1 aromatic carbocycles. The summed E-state index contributed by atoms with van der Waals surface area (Å²) in [6.45, 7) is 4.30. The van der Waals surface area contributed by atoms with Crippen molar-refractivity contribution in [1.29, 1.82) is 0 Å². The van der Waals surface area contributed by atoms with E-state index in [4.69, 9.17) is 0 Å². The number of aryl methyl sites for hydroxylation is 1. The Labute approximate surface area is 133 Å². The number of hydrogen-bond acceptors (Lipinski definition) is 3. The molecular formula is C17H17F2N3O. The zero-order valence-electron chi connectivity index (χ0n) is 12.8. The SMILES string of the molecule is Cc1cccc(N2CCN(C(=O)c3ccc(F)c(F)c3)CC2)n1. The van der Waals surface area contributed by atoms with E-state index in [1.165, 1.54) is 6.07 Å². The molecule has 1 aliphatic heterocycles. The van der Waals surface area contributed by atoms with Crippen LogP contribution in [0.15, 0.2) is 36.4 Å². The number of amides is 1. The number of carbonyl (C=O) groups excluding carboxylic acids is 1. The first-order chi connectivity index (χ1) is 11.0. The minimum Gasteiger partial charge on any atom is -0.353 e. The number of carbonyl (C=O) groups is 1. The van der Waals surface area contributed by atoms with Crippen LogP contribution in [0.3, 0.4) is 0 Å². The van der Waals surface area contributed by atoms with Crippen LogP contribution in [0.4, 0.5) is 14.6 Å². The van der Waals surface area contributed by atoms with Crippen LogP contribution < -0.4 is 4.90 Å². The van der Waals surface area contributed by atoms with Crippen molar-refractivity contribution < 1.29 is 13.6 Å². The molecule has 0 N–H and O–H groups in total. The van der Waals surface area contributed by atoms with Gasteiger partial charge in [0.05, 0.1) is 0 Å². The largest absolute Gasteiger partial charge is 0.353 e. The van der Waals surface area contributed by atoms with Gasteiger partial charge in [0.15, 0.2) is 11.6 Å². The average molecular weight is 317 g/mol. The van der Waals surface area contributed by atoms with Crippen molar-refractivity contribution in [3.63, 3.8) is 0 Å². The van der Waals surface area contributed by atoms with Gasteiger partial charge in [-0.3, -0.25) is 4.79 Å². The lowest BCUT2D eigenvalue weighted by Gasteiger charge is -2.35. The third-order valence-electron chi connectivity index (χ3n) is 3.93. The second-order valence-electron chi connectivity index (χ2n) is 5.55. The van der Waals surface area contributed by atoms with Gasteiger partial charge in [-0.05, 0) is 37.3 Å². The summed E-state index contributed by atoms with van der Waals surface area (Å²) < 4.78 is 26.2. The molecule has 1 amide bonds. The fourth-order valence-electron chi connectivity index (χ4n) is 2.66. The van der Waals surface area contributed by atoms with Gasteiger partial charge < -0.3 is 9.80 Å². The van der Waals surface area contributed by atoms with Gasteiger partial charge in [-0.25, -0.2) is 13.8 Å². The maximum Gasteiger partial charge on any atom is 0.254 e. The maximum atomic E-state index is 13.3. The van der Waals surface area contributed by atoms with Crippen molar-refractivity contribution in [1.82, 2.24) is 9.88 Å². The van der Waals surface area contributed by atoms with Gasteiger partial charge in [0, 0.05) is 37.4 Å². The Hall–Kier alpha value is -2.50. The first-order valence-electron chi connectivity index (χ1n) is 7.47. The predicted octanol–water partition coefficient (Wildman–Crippen LogP) is 2.63. The summed E-state index contributed by atoms with van der Waals surface area (Å²) in [5, 5.41) is 0. The predicted molar refractivity (Wildman–Crippen MR) is 83.4 cm³/mol. The van der Waals surface area contributed by atoms with Crippen LogP contribution in [-0.2, 0) is 0 Å². The van der Waals surface area contributed by atoms with Crippen molar-refractivity contribution in [3.8, 4) is 0 Å². The quantitative estimate of drug-likeness (QED) is 0.854. The van der Waals surface area contributed by atoms with E-state index >= 15 is 0 Å². The number of pyridine rings is 1. The van der Waals surface area contributed by atoms with E-state index in [0.29, 0.717) is 26.2 Å². The monoisotopic (exact) mass is 317 g/mol. The average Bonchev–Trinajstić information content (AvgIpc) is 2.57. The smallest absolute Gasteiger partial charge is 0.254 e. The molecule has 0 atom stereocenters. The Kier molecular flexibility index (Phi) is 4.23. The van der Waals surface area contributed by atoms with Crippen molar-refractivity contribution in [2.45, 2.75) is 6.92 Å². The Morgan fingerprint density at radius 3 is 2.43 bits per heavy atom. The summed E-state index contributed by atoms with van der Waals surface area (Å²) in [5.41, 5.74) is 1.12. The van der Waals surface area contributed by atoms with Gasteiger partial charge in [-0.2, -0.15) is 0 Å². The van der Waals surface area contributed by atoms with Gasteiger partial charge in [-0.1, -0.05) is 6.07 Å². The molecule has 6 heteroatoms. The minimum absolute atomic E-state index is 0.172. The zero-order chi connectivity index (χ0) is 16.4. The fraction of sp³-hybridized carbons (Fsp3) is 0.294. The molecule has 2 aromatic rings. The Morgan fingerprint density at radius 2 is 1.78 bits per heavy atom. The standard InChI is InChI=1S/C17H17F2N3O/c1-12-3-2-4-16(20-12)21-7-9-22(10-8-21)17(23)13-5-6-14(18)15(19)11-13/h2-6,11H,7-10H2,1H3. The summed E-state index contributed by atoms with van der Waals surface area (Å²) in [6.07, 6.45) is 0. The lowest BCUT2D eigenvalue weighted by Crippen LogP contribution is -2.49. The molecule has 2 heterocycles. The summed E-state index contributed by atoms with van der Waals surface area (Å²) in [6, 6.07) is 9.08. The van der Waals surface area contributed by atoms with Gasteiger partial charge >= 0.3 is 0 Å². The molecule has 0 saturated carbocycles. The van der Waals surface area contributed by atoms with Gasteiger partial charge in [0.1, 0.15) is 5.82 Å². The number of benzene rings is 1. The fourth-order valence-corrected chi connectivity index (χ4v) is 2.66. The molecule has 23 heavy (non-hydrogen) atoms. The van der Waals surface area contributed by atoms with E-state index in [1.54, 1.807) is 4.90 Å². The molecular weight excluding hydrogens is 300 g/mol. The first kappa shape index (κ1) is 15.4. The normalized spacial score (nSPS) is 14.9. The van der Waals surface area contributed by atoms with Crippen molar-refractivity contribution >= 4 is 11.7 Å². The molecule has 1 aromatic heterocycles. The minimum atomic E-state index is -1.00. The molecule has 0 radical (unpaired) electrons. The highest BCUT2D eigenvalue weighted by Gasteiger charge is 2.23. The highest BCUT2D eigenvalue weighted by molar-refractivity contribution is 5.94. The zero-order valence-corrected chi connectivity index (χ0v) is 12.8. The van der Waals surface area contributed by atoms with Gasteiger partial charge in [0.25, 0.3) is 5.91 Å². The molecule has 1 saturated heterocycles. The first-order valence-corrected chi connectivity index (χ1v) is 7.47. The second kappa shape index (κ2) is 6.32. The molecule has 4 nitrogen and oxygen atoms in total. The molecule has 1 aliphatic rings. The Morgan fingerprint density at radius 1 is 1.04 bits per heavy atom. The summed E-state index contributed by atoms with van der Waals surface area (Å²) in [5.74, 6) is -1.33. The molecule has 1 fully saturated rings. The summed E-state index contributed by atoms with van der Waals surface area (Å²) in [7, 11) is 0. The molecule has 0 spiro atoms. The van der Waals surface area contributed by atoms with E-state index < -0.39 is 11.6 Å². The second-order valence-corrected chi connectivity index (χ2v) is 5.55. The van der Waals surface area contributed by atoms with E-state index in [2.05, 4.69) is 9.88 Å². The highest BCUT2D eigenvalue weighted by Crippen LogP contribution is 2.16. The van der Waals surface area contributed by atoms with Crippen LogP contribution in [0.25, 0.3) is 0 Å². The number of halogens is 2. The van der Waals surface area contributed by atoms with E-state index in [9.17, 15) is 13.6 Å². The molecule has 0 aliphatic carbocycles. The van der Waals surface area contributed by atoms with Gasteiger partial charge in [0.2, 0.25) is 0 Å². The number of piperazine rings is 1.